The summed E-state index contributed by atoms with van der Waals surface area (Å²) in [5, 5.41) is 0.562. The lowest BCUT2D eigenvalue weighted by Gasteiger charge is -2.48. The van der Waals surface area contributed by atoms with Crippen LogP contribution in [0.15, 0.2) is 48.7 Å². The van der Waals surface area contributed by atoms with Crippen molar-refractivity contribution in [2.75, 3.05) is 0 Å². The van der Waals surface area contributed by atoms with Crippen LogP contribution in [-0.4, -0.2) is 39.1 Å². The van der Waals surface area contributed by atoms with E-state index in [4.69, 9.17) is 0 Å². The van der Waals surface area contributed by atoms with Crippen molar-refractivity contribution in [3.63, 3.8) is 0 Å². The molecular formula is C22H38B2N2Si2. The predicted molar refractivity (Wildman–Crippen MR) is 134 cm³/mol. The predicted octanol–water partition coefficient (Wildman–Crippen LogP) is 5.91. The molecular weight excluding hydrogens is 370 g/mol. The molecule has 2 aliphatic heterocycles. The summed E-state index contributed by atoms with van der Waals surface area (Å²) in [6.07, 6.45) is 13.1. The summed E-state index contributed by atoms with van der Waals surface area (Å²) >= 11 is 0. The fraction of sp³-hybridized carbons (Fsp3) is 0.545. The van der Waals surface area contributed by atoms with Gasteiger partial charge in [-0.05, 0) is 34.6 Å². The highest BCUT2D eigenvalue weighted by Gasteiger charge is 2.45. The molecule has 0 atom stereocenters. The molecule has 0 aromatic rings. The maximum absolute atomic E-state index is 3.64. The summed E-state index contributed by atoms with van der Waals surface area (Å²) in [4.78, 5) is 0. The van der Waals surface area contributed by atoms with Crippen LogP contribution in [0.2, 0.25) is 36.3 Å². The Balaban J connectivity index is 2.34. The van der Waals surface area contributed by atoms with Crippen LogP contribution >= 0.6 is 0 Å². The van der Waals surface area contributed by atoms with Gasteiger partial charge in [-0.15, -0.1) is 11.6 Å². The summed E-state index contributed by atoms with van der Waals surface area (Å²) < 4.78 is 5.11. The van der Waals surface area contributed by atoms with E-state index in [-0.39, 0.29) is 23.8 Å². The first-order valence-corrected chi connectivity index (χ1v) is 16.4. The van der Waals surface area contributed by atoms with Gasteiger partial charge in [-0.1, -0.05) is 91.8 Å². The third-order valence-corrected chi connectivity index (χ3v) is 18.0. The molecule has 0 bridgehead atoms. The molecule has 0 saturated heterocycles. The molecule has 0 fully saturated rings. The van der Waals surface area contributed by atoms with E-state index in [1.165, 1.54) is 0 Å². The van der Waals surface area contributed by atoms with Crippen LogP contribution in [-0.2, 0) is 0 Å². The van der Waals surface area contributed by atoms with Gasteiger partial charge in [-0.3, -0.25) is 0 Å². The van der Waals surface area contributed by atoms with Gasteiger partial charge in [-0.25, -0.2) is 0 Å². The lowest BCUT2D eigenvalue weighted by molar-refractivity contribution is 0.654. The molecule has 0 spiro atoms. The topological polar surface area (TPSA) is 6.48 Å². The van der Waals surface area contributed by atoms with E-state index in [1.54, 1.807) is 0 Å². The summed E-state index contributed by atoms with van der Waals surface area (Å²) in [6, 6.07) is 0. The second-order valence-electron chi connectivity index (χ2n) is 11.1. The molecule has 6 heteroatoms. The minimum Gasteiger partial charge on any atom is -0.434 e. The van der Waals surface area contributed by atoms with Gasteiger partial charge in [0.25, 0.3) is 0 Å². The van der Waals surface area contributed by atoms with Gasteiger partial charge >= 0.3 is 13.7 Å². The van der Waals surface area contributed by atoms with E-state index < -0.39 is 16.5 Å². The Bertz CT molecular complexity index is 694. The van der Waals surface area contributed by atoms with Crippen LogP contribution < -0.4 is 0 Å². The van der Waals surface area contributed by atoms with Crippen molar-refractivity contribution in [1.29, 1.82) is 0 Å². The summed E-state index contributed by atoms with van der Waals surface area (Å²) in [7, 11) is -3.36. The van der Waals surface area contributed by atoms with Gasteiger partial charge in [0.1, 0.15) is 16.5 Å². The molecule has 28 heavy (non-hydrogen) atoms. The second-order valence-corrected chi connectivity index (χ2v) is 21.3. The summed E-state index contributed by atoms with van der Waals surface area (Å²) in [6.45, 7) is 24.3. The van der Waals surface area contributed by atoms with Gasteiger partial charge in [0.05, 0.1) is 0 Å². The fourth-order valence-electron chi connectivity index (χ4n) is 3.24. The van der Waals surface area contributed by atoms with E-state index in [1.807, 2.05) is 0 Å². The van der Waals surface area contributed by atoms with Crippen molar-refractivity contribution < 1.29 is 0 Å². The first-order chi connectivity index (χ1) is 12.7. The molecule has 0 aromatic heterocycles. The van der Waals surface area contributed by atoms with Crippen molar-refractivity contribution in [2.24, 2.45) is 0 Å². The standard InChI is InChI=1S/C22H38B2N2Si2/c1-21(2,3)27(7,8)25-19-13-11-15-23(25)17-18-24-16-12-14-20-26(24)28(9,10)22(4,5)6/h11-16,19-20H,1-10H3. The van der Waals surface area contributed by atoms with Crippen LogP contribution in [0.25, 0.3) is 0 Å². The molecule has 0 aromatic carbocycles. The molecule has 150 valence electrons. The lowest BCUT2D eigenvalue weighted by atomic mass is 9.56. The highest BCUT2D eigenvalue weighted by molar-refractivity contribution is 6.92. The normalized spacial score (nSPS) is 17.9. The van der Waals surface area contributed by atoms with Gasteiger partial charge in [-0.2, -0.15) is 0 Å². The Hall–Kier alpha value is -1.32. The zero-order valence-electron chi connectivity index (χ0n) is 19.7. The third-order valence-electron chi connectivity index (χ3n) is 7.24. The summed E-state index contributed by atoms with van der Waals surface area (Å²) in [5.41, 5.74) is 0. The molecule has 0 unspecified atom stereocenters. The van der Waals surface area contributed by atoms with Crippen molar-refractivity contribution in [2.45, 2.75) is 77.8 Å². The largest absolute Gasteiger partial charge is 0.434 e. The number of allylic oxidation sites excluding steroid dienone is 4. The van der Waals surface area contributed by atoms with Crippen molar-refractivity contribution >= 4 is 30.2 Å². The third kappa shape index (κ3) is 4.47. The Kier molecular flexibility index (Phi) is 6.43. The smallest absolute Gasteiger partial charge is 0.359 e. The first-order valence-electron chi connectivity index (χ1n) is 10.5. The van der Waals surface area contributed by atoms with E-state index in [2.05, 4.69) is 137 Å². The Morgan fingerprint density at radius 2 is 0.929 bits per heavy atom. The van der Waals surface area contributed by atoms with Crippen LogP contribution in [0.3, 0.4) is 0 Å². The van der Waals surface area contributed by atoms with Crippen LogP contribution in [0, 0.1) is 11.6 Å². The number of nitrogens with zero attached hydrogens (tertiary/aromatic N) is 2. The monoisotopic (exact) mass is 408 g/mol. The fourth-order valence-corrected chi connectivity index (χ4v) is 7.40. The number of hydrogen-bond acceptors (Lipinski definition) is 2. The highest BCUT2D eigenvalue weighted by Crippen LogP contribution is 2.40. The Labute approximate surface area is 177 Å². The van der Waals surface area contributed by atoms with Crippen molar-refractivity contribution in [3.05, 3.63) is 48.7 Å². The molecule has 0 saturated carbocycles. The molecule has 2 heterocycles. The van der Waals surface area contributed by atoms with Crippen molar-refractivity contribution in [3.8, 4) is 11.6 Å². The molecule has 0 amide bonds. The Morgan fingerprint density at radius 3 is 1.21 bits per heavy atom. The van der Waals surface area contributed by atoms with Gasteiger partial charge < -0.3 is 8.95 Å². The molecule has 2 rings (SSSR count). The average Bonchev–Trinajstić information content (AvgIpc) is 2.58. The van der Waals surface area contributed by atoms with E-state index in [0.29, 0.717) is 0 Å². The first kappa shape index (κ1) is 23.0. The van der Waals surface area contributed by atoms with E-state index >= 15 is 0 Å². The van der Waals surface area contributed by atoms with Crippen LogP contribution in [0.4, 0.5) is 0 Å². The SMILES string of the molecule is CC(C)(C)[Si](C)(C)N1C=CC=CB1C#CB1C=CC=CN1[Si](C)(C)C(C)(C)C. The highest BCUT2D eigenvalue weighted by atomic mass is 28.3. The molecule has 2 nitrogen and oxygen atoms in total. The average molecular weight is 408 g/mol. The quantitative estimate of drug-likeness (QED) is 0.414. The zero-order chi connectivity index (χ0) is 21.4. The maximum Gasteiger partial charge on any atom is 0.359 e. The Morgan fingerprint density at radius 1 is 0.607 bits per heavy atom. The van der Waals surface area contributed by atoms with Crippen LogP contribution in [0.5, 0.6) is 0 Å². The number of hydrogen-bond donors (Lipinski definition) is 0. The number of rotatable bonds is 2. The minimum atomic E-state index is -1.68. The second kappa shape index (κ2) is 7.84. The van der Waals surface area contributed by atoms with E-state index in [9.17, 15) is 0 Å². The molecule has 0 aliphatic carbocycles. The van der Waals surface area contributed by atoms with Crippen LogP contribution in [0.1, 0.15) is 41.5 Å². The van der Waals surface area contributed by atoms with E-state index in [0.717, 1.165) is 0 Å². The molecule has 0 radical (unpaired) electrons. The minimum absolute atomic E-state index is 0.159. The van der Waals surface area contributed by atoms with Gasteiger partial charge in [0.2, 0.25) is 0 Å². The van der Waals surface area contributed by atoms with Gasteiger partial charge in [0.15, 0.2) is 0 Å². The molecule has 2 aliphatic rings. The molecule has 0 N–H and O–H groups in total. The zero-order valence-corrected chi connectivity index (χ0v) is 21.7. The summed E-state index contributed by atoms with van der Waals surface area (Å²) in [5.74, 6) is 11.8. The lowest BCUT2D eigenvalue weighted by Crippen LogP contribution is -2.59. The maximum atomic E-state index is 3.64. The van der Waals surface area contributed by atoms with Crippen molar-refractivity contribution in [1.82, 2.24) is 8.95 Å². The van der Waals surface area contributed by atoms with Gasteiger partial charge in [0, 0.05) is 0 Å².